The number of hydrogen-bond acceptors (Lipinski definition) is 4. The van der Waals surface area contributed by atoms with E-state index in [4.69, 9.17) is 10.2 Å². The topological polar surface area (TPSA) is 45.6 Å². The highest BCUT2D eigenvalue weighted by Crippen LogP contribution is 2.28. The van der Waals surface area contributed by atoms with E-state index >= 15 is 0 Å². The average molecular weight is 265 g/mol. The third-order valence-corrected chi connectivity index (χ3v) is 4.62. The number of hydrogen-bond donors (Lipinski definition) is 1. The molecule has 0 radical (unpaired) electrons. The normalized spacial score (nSPS) is 25.7. The van der Waals surface area contributed by atoms with Gasteiger partial charge in [0.2, 0.25) is 0 Å². The standard InChI is InChI=1S/C15H27N3O/c1-3-18-9-5-7-15(13-16,8-10-18)17(2)12-14-6-4-11-19-14/h4,6,11H,3,5,7-10,12-13,16H2,1-2H3. The molecule has 108 valence electrons. The van der Waals surface area contributed by atoms with Crippen molar-refractivity contribution >= 4 is 0 Å². The van der Waals surface area contributed by atoms with Crippen LogP contribution in [0.15, 0.2) is 22.8 Å². The van der Waals surface area contributed by atoms with Crippen molar-refractivity contribution in [2.75, 3.05) is 33.2 Å². The van der Waals surface area contributed by atoms with Crippen LogP contribution in [0.3, 0.4) is 0 Å². The van der Waals surface area contributed by atoms with Gasteiger partial charge in [0, 0.05) is 12.1 Å². The van der Waals surface area contributed by atoms with Gasteiger partial charge in [0.25, 0.3) is 0 Å². The van der Waals surface area contributed by atoms with E-state index in [9.17, 15) is 0 Å². The predicted octanol–water partition coefficient (Wildman–Crippen LogP) is 1.91. The molecule has 0 saturated carbocycles. The van der Waals surface area contributed by atoms with E-state index in [1.807, 2.05) is 12.1 Å². The minimum atomic E-state index is 0.122. The van der Waals surface area contributed by atoms with Crippen LogP contribution in [0.2, 0.25) is 0 Å². The smallest absolute Gasteiger partial charge is 0.117 e. The highest BCUT2D eigenvalue weighted by atomic mass is 16.3. The second-order valence-corrected chi connectivity index (χ2v) is 5.65. The van der Waals surface area contributed by atoms with Crippen LogP contribution in [-0.4, -0.2) is 48.6 Å². The molecule has 1 aliphatic heterocycles. The van der Waals surface area contributed by atoms with Crippen LogP contribution in [0, 0.1) is 0 Å². The first-order valence-corrected chi connectivity index (χ1v) is 7.36. The number of likely N-dealkylation sites (tertiary alicyclic amines) is 1. The van der Waals surface area contributed by atoms with Gasteiger partial charge in [0.15, 0.2) is 0 Å². The van der Waals surface area contributed by atoms with Gasteiger partial charge in [0.05, 0.1) is 12.8 Å². The summed E-state index contributed by atoms with van der Waals surface area (Å²) in [5.41, 5.74) is 6.26. The van der Waals surface area contributed by atoms with Crippen molar-refractivity contribution in [2.45, 2.75) is 38.3 Å². The molecule has 2 heterocycles. The van der Waals surface area contributed by atoms with Crippen molar-refractivity contribution in [3.05, 3.63) is 24.2 Å². The largest absolute Gasteiger partial charge is 0.468 e. The molecule has 19 heavy (non-hydrogen) atoms. The van der Waals surface area contributed by atoms with Crippen LogP contribution in [0.1, 0.15) is 31.9 Å². The third kappa shape index (κ3) is 3.38. The van der Waals surface area contributed by atoms with Crippen molar-refractivity contribution in [2.24, 2.45) is 5.73 Å². The minimum absolute atomic E-state index is 0.122. The Morgan fingerprint density at radius 2 is 2.26 bits per heavy atom. The van der Waals surface area contributed by atoms with Crippen molar-refractivity contribution in [3.8, 4) is 0 Å². The summed E-state index contributed by atoms with van der Waals surface area (Å²) in [5, 5.41) is 0. The molecule has 2 N–H and O–H groups in total. The number of nitrogens with two attached hydrogens (primary N) is 1. The Kier molecular flexibility index (Phi) is 5.02. The van der Waals surface area contributed by atoms with Crippen molar-refractivity contribution in [1.29, 1.82) is 0 Å². The summed E-state index contributed by atoms with van der Waals surface area (Å²) in [4.78, 5) is 4.92. The van der Waals surface area contributed by atoms with Gasteiger partial charge in [-0.15, -0.1) is 0 Å². The Labute approximate surface area is 116 Å². The summed E-state index contributed by atoms with van der Waals surface area (Å²) in [6, 6.07) is 3.99. The van der Waals surface area contributed by atoms with Gasteiger partial charge < -0.3 is 15.1 Å². The molecule has 1 fully saturated rings. The van der Waals surface area contributed by atoms with E-state index in [1.54, 1.807) is 6.26 Å². The molecule has 2 rings (SSSR count). The maximum atomic E-state index is 6.13. The van der Waals surface area contributed by atoms with Crippen molar-refractivity contribution in [1.82, 2.24) is 9.80 Å². The van der Waals surface area contributed by atoms with Crippen LogP contribution in [-0.2, 0) is 6.54 Å². The predicted molar refractivity (Wildman–Crippen MR) is 77.9 cm³/mol. The Morgan fingerprint density at radius 3 is 2.89 bits per heavy atom. The lowest BCUT2D eigenvalue weighted by Gasteiger charge is -2.40. The molecular weight excluding hydrogens is 238 g/mol. The molecule has 1 aromatic rings. The van der Waals surface area contributed by atoms with Crippen LogP contribution in [0.25, 0.3) is 0 Å². The van der Waals surface area contributed by atoms with E-state index < -0.39 is 0 Å². The van der Waals surface area contributed by atoms with Gasteiger partial charge in [-0.25, -0.2) is 0 Å². The van der Waals surface area contributed by atoms with Crippen LogP contribution >= 0.6 is 0 Å². The Bertz CT molecular complexity index is 365. The molecule has 0 spiro atoms. The molecule has 1 aliphatic rings. The number of furan rings is 1. The SMILES string of the molecule is CCN1CCCC(CN)(N(C)Cc2ccco2)CC1. The lowest BCUT2D eigenvalue weighted by atomic mass is 9.88. The van der Waals surface area contributed by atoms with Gasteiger partial charge in [-0.1, -0.05) is 6.92 Å². The highest BCUT2D eigenvalue weighted by Gasteiger charge is 2.35. The van der Waals surface area contributed by atoms with Gasteiger partial charge in [-0.3, -0.25) is 4.90 Å². The number of rotatable bonds is 5. The zero-order valence-corrected chi connectivity index (χ0v) is 12.3. The molecule has 0 aromatic carbocycles. The monoisotopic (exact) mass is 265 g/mol. The molecule has 1 saturated heterocycles. The maximum Gasteiger partial charge on any atom is 0.117 e. The molecule has 0 amide bonds. The maximum absolute atomic E-state index is 6.13. The first-order valence-electron chi connectivity index (χ1n) is 7.36. The number of nitrogens with zero attached hydrogens (tertiary/aromatic N) is 2. The van der Waals surface area contributed by atoms with E-state index in [-0.39, 0.29) is 5.54 Å². The lowest BCUT2D eigenvalue weighted by Crippen LogP contribution is -2.52. The Hall–Kier alpha value is -0.840. The fourth-order valence-electron chi connectivity index (χ4n) is 3.10. The summed E-state index contributed by atoms with van der Waals surface area (Å²) in [5.74, 6) is 1.02. The molecule has 4 nitrogen and oxygen atoms in total. The average Bonchev–Trinajstić information content (AvgIpc) is 2.83. The van der Waals surface area contributed by atoms with Crippen LogP contribution < -0.4 is 5.73 Å². The summed E-state index contributed by atoms with van der Waals surface area (Å²) in [6.45, 7) is 7.30. The second kappa shape index (κ2) is 6.55. The van der Waals surface area contributed by atoms with Gasteiger partial charge in [-0.2, -0.15) is 0 Å². The Balaban J connectivity index is 2.04. The quantitative estimate of drug-likeness (QED) is 0.883. The van der Waals surface area contributed by atoms with Gasteiger partial charge in [-0.05, 0) is 58.1 Å². The summed E-state index contributed by atoms with van der Waals surface area (Å²) in [7, 11) is 2.18. The molecule has 0 aliphatic carbocycles. The fraction of sp³-hybridized carbons (Fsp3) is 0.733. The second-order valence-electron chi connectivity index (χ2n) is 5.65. The van der Waals surface area contributed by atoms with Crippen LogP contribution in [0.5, 0.6) is 0 Å². The Morgan fingerprint density at radius 1 is 1.42 bits per heavy atom. The molecule has 1 aromatic heterocycles. The van der Waals surface area contributed by atoms with E-state index in [2.05, 4.69) is 23.8 Å². The summed E-state index contributed by atoms with van der Waals surface area (Å²) >= 11 is 0. The molecular formula is C15H27N3O. The summed E-state index contributed by atoms with van der Waals surface area (Å²) < 4.78 is 5.47. The third-order valence-electron chi connectivity index (χ3n) is 4.62. The fourth-order valence-corrected chi connectivity index (χ4v) is 3.10. The molecule has 1 atom stereocenters. The van der Waals surface area contributed by atoms with Crippen molar-refractivity contribution in [3.63, 3.8) is 0 Å². The highest BCUT2D eigenvalue weighted by molar-refractivity contribution is 5.01. The van der Waals surface area contributed by atoms with E-state index in [0.29, 0.717) is 0 Å². The molecule has 4 heteroatoms. The minimum Gasteiger partial charge on any atom is -0.468 e. The van der Waals surface area contributed by atoms with Gasteiger partial charge >= 0.3 is 0 Å². The molecule has 0 bridgehead atoms. The number of likely N-dealkylation sites (N-methyl/N-ethyl adjacent to an activating group) is 1. The summed E-state index contributed by atoms with van der Waals surface area (Å²) in [6.07, 6.45) is 5.30. The first-order chi connectivity index (χ1) is 9.20. The zero-order valence-electron chi connectivity index (χ0n) is 12.3. The van der Waals surface area contributed by atoms with Gasteiger partial charge in [0.1, 0.15) is 5.76 Å². The van der Waals surface area contributed by atoms with Crippen molar-refractivity contribution < 1.29 is 4.42 Å². The van der Waals surface area contributed by atoms with E-state index in [1.165, 1.54) is 19.4 Å². The lowest BCUT2D eigenvalue weighted by molar-refractivity contribution is 0.0921. The molecule has 1 unspecified atom stereocenters. The first kappa shape index (κ1) is 14.6. The van der Waals surface area contributed by atoms with E-state index in [0.717, 1.165) is 38.4 Å². The zero-order chi connectivity index (χ0) is 13.7. The van der Waals surface area contributed by atoms with Crippen LogP contribution in [0.4, 0.5) is 0 Å².